The number of hydrogen-bond acceptors (Lipinski definition) is 6. The first kappa shape index (κ1) is 21.2. The van der Waals surface area contributed by atoms with Crippen molar-refractivity contribution in [2.75, 3.05) is 11.9 Å². The maximum atomic E-state index is 13.1. The summed E-state index contributed by atoms with van der Waals surface area (Å²) in [4.78, 5) is 43.4. The van der Waals surface area contributed by atoms with Crippen LogP contribution in [0.15, 0.2) is 35.4 Å². The number of esters is 1. The van der Waals surface area contributed by atoms with Gasteiger partial charge in [-0.05, 0) is 44.9 Å². The molecule has 2 heterocycles. The van der Waals surface area contributed by atoms with Crippen molar-refractivity contribution in [2.45, 2.75) is 52.0 Å². The lowest BCUT2D eigenvalue weighted by molar-refractivity contribution is 0.0526. The molecule has 1 amide bonds. The Labute approximate surface area is 184 Å². The summed E-state index contributed by atoms with van der Waals surface area (Å²) in [5, 5.41) is 2.82. The number of thiophene rings is 1. The van der Waals surface area contributed by atoms with Crippen LogP contribution in [0.5, 0.6) is 0 Å². The van der Waals surface area contributed by atoms with Crippen LogP contribution in [0.3, 0.4) is 0 Å². The topological polar surface area (TPSA) is 90.3 Å². The summed E-state index contributed by atoms with van der Waals surface area (Å²) in [5.74, 6) is -0.798. The van der Waals surface area contributed by atoms with E-state index in [1.54, 1.807) is 42.1 Å². The Kier molecular flexibility index (Phi) is 6.18. The minimum atomic E-state index is -0.444. The number of nitrogens with zero attached hydrogens (tertiary/aromatic N) is 2. The van der Waals surface area contributed by atoms with Gasteiger partial charge in [-0.15, -0.1) is 11.3 Å². The number of carbonyl (C=O) groups is 2. The number of amides is 1. The van der Waals surface area contributed by atoms with E-state index in [9.17, 15) is 14.4 Å². The fourth-order valence-electron chi connectivity index (χ4n) is 4.11. The second-order valence-corrected chi connectivity index (χ2v) is 8.94. The van der Waals surface area contributed by atoms with Gasteiger partial charge < -0.3 is 10.1 Å². The maximum absolute atomic E-state index is 13.1. The second kappa shape index (κ2) is 9.01. The average Bonchev–Trinajstić information content (AvgIpc) is 3.12. The molecular weight excluding hydrogens is 414 g/mol. The van der Waals surface area contributed by atoms with E-state index in [1.165, 1.54) is 17.8 Å². The number of anilines is 1. The van der Waals surface area contributed by atoms with Crippen LogP contribution in [0.2, 0.25) is 0 Å². The van der Waals surface area contributed by atoms with Gasteiger partial charge in [-0.3, -0.25) is 14.2 Å². The Hall–Kier alpha value is -3.00. The van der Waals surface area contributed by atoms with E-state index in [1.807, 2.05) is 6.92 Å². The summed E-state index contributed by atoms with van der Waals surface area (Å²) in [7, 11) is 0. The minimum absolute atomic E-state index is 0.0756. The Morgan fingerprint density at radius 3 is 2.77 bits per heavy atom. The van der Waals surface area contributed by atoms with Crippen LogP contribution in [-0.4, -0.2) is 28.0 Å². The molecule has 1 N–H and O–H groups in total. The molecule has 31 heavy (non-hydrogen) atoms. The van der Waals surface area contributed by atoms with Gasteiger partial charge in [0.2, 0.25) is 0 Å². The van der Waals surface area contributed by atoms with Crippen LogP contribution in [0.4, 0.5) is 5.69 Å². The summed E-state index contributed by atoms with van der Waals surface area (Å²) in [6.07, 6.45) is 7.02. The third kappa shape index (κ3) is 4.25. The molecule has 1 aliphatic carbocycles. The van der Waals surface area contributed by atoms with E-state index in [0.717, 1.165) is 30.6 Å². The van der Waals surface area contributed by atoms with Crippen molar-refractivity contribution in [2.24, 2.45) is 0 Å². The first-order valence-electron chi connectivity index (χ1n) is 10.6. The van der Waals surface area contributed by atoms with Gasteiger partial charge in [0, 0.05) is 16.6 Å². The molecule has 162 valence electrons. The van der Waals surface area contributed by atoms with Crippen molar-refractivity contribution in [3.05, 3.63) is 57.0 Å². The van der Waals surface area contributed by atoms with Gasteiger partial charge in [0.1, 0.15) is 10.2 Å². The van der Waals surface area contributed by atoms with E-state index in [2.05, 4.69) is 10.3 Å². The van der Waals surface area contributed by atoms with Crippen LogP contribution in [0.1, 0.15) is 70.7 Å². The first-order valence-corrected chi connectivity index (χ1v) is 11.4. The molecular formula is C23H25N3O4S. The van der Waals surface area contributed by atoms with Crippen LogP contribution < -0.4 is 10.9 Å². The zero-order valence-electron chi connectivity index (χ0n) is 17.6. The maximum Gasteiger partial charge on any atom is 0.338 e. The SMILES string of the molecule is CCOC(=O)c1cccc(NC(=O)c2c(C)sc3c(=O)n(C4CCCCC4)cnc23)c1. The van der Waals surface area contributed by atoms with Crippen molar-refractivity contribution < 1.29 is 14.3 Å². The number of benzene rings is 1. The predicted molar refractivity (Wildman–Crippen MR) is 121 cm³/mol. The number of aryl methyl sites for hydroxylation is 1. The highest BCUT2D eigenvalue weighted by Gasteiger charge is 2.23. The molecule has 4 rings (SSSR count). The number of fused-ring (bicyclic) bond motifs is 1. The fourth-order valence-corrected chi connectivity index (χ4v) is 5.15. The van der Waals surface area contributed by atoms with Gasteiger partial charge >= 0.3 is 5.97 Å². The zero-order chi connectivity index (χ0) is 22.0. The number of nitrogens with one attached hydrogen (secondary N) is 1. The normalized spacial score (nSPS) is 14.5. The van der Waals surface area contributed by atoms with Crippen LogP contribution in [0.25, 0.3) is 10.2 Å². The lowest BCUT2D eigenvalue weighted by Gasteiger charge is -2.23. The molecule has 0 aliphatic heterocycles. The third-order valence-electron chi connectivity index (χ3n) is 5.63. The Bertz CT molecular complexity index is 1190. The lowest BCUT2D eigenvalue weighted by Crippen LogP contribution is -2.26. The number of hydrogen-bond donors (Lipinski definition) is 1. The van der Waals surface area contributed by atoms with Crippen molar-refractivity contribution in [1.29, 1.82) is 0 Å². The molecule has 7 nitrogen and oxygen atoms in total. The highest BCUT2D eigenvalue weighted by Crippen LogP contribution is 2.30. The van der Waals surface area contributed by atoms with Gasteiger partial charge in [-0.25, -0.2) is 9.78 Å². The largest absolute Gasteiger partial charge is 0.462 e. The van der Waals surface area contributed by atoms with Gasteiger partial charge in [0.15, 0.2) is 0 Å². The molecule has 0 saturated heterocycles. The summed E-state index contributed by atoms with van der Waals surface area (Å²) < 4.78 is 7.26. The Morgan fingerprint density at radius 2 is 2.03 bits per heavy atom. The molecule has 1 aliphatic rings. The molecule has 1 aromatic carbocycles. The smallest absolute Gasteiger partial charge is 0.338 e. The Morgan fingerprint density at radius 1 is 1.26 bits per heavy atom. The van der Waals surface area contributed by atoms with E-state index < -0.39 is 5.97 Å². The number of rotatable bonds is 5. The van der Waals surface area contributed by atoms with E-state index >= 15 is 0 Å². The van der Waals surface area contributed by atoms with Crippen molar-refractivity contribution in [3.63, 3.8) is 0 Å². The molecule has 0 atom stereocenters. The second-order valence-electron chi connectivity index (χ2n) is 7.72. The van der Waals surface area contributed by atoms with Crippen LogP contribution in [-0.2, 0) is 4.74 Å². The number of ether oxygens (including phenoxy) is 1. The zero-order valence-corrected chi connectivity index (χ0v) is 18.5. The molecule has 8 heteroatoms. The monoisotopic (exact) mass is 439 g/mol. The summed E-state index contributed by atoms with van der Waals surface area (Å²) in [6.45, 7) is 3.84. The standard InChI is InChI=1S/C23H25N3O4S/c1-3-30-23(29)15-8-7-9-16(12-15)25-21(27)18-14(2)31-20-19(18)24-13-26(22(20)28)17-10-5-4-6-11-17/h7-9,12-13,17H,3-6,10-11H2,1-2H3,(H,25,27). The minimum Gasteiger partial charge on any atom is -0.462 e. The van der Waals surface area contributed by atoms with Gasteiger partial charge in [-0.2, -0.15) is 0 Å². The molecule has 0 radical (unpaired) electrons. The molecule has 1 saturated carbocycles. The highest BCUT2D eigenvalue weighted by molar-refractivity contribution is 7.19. The number of aromatic nitrogens is 2. The molecule has 0 unspecified atom stereocenters. The van der Waals surface area contributed by atoms with Crippen LogP contribution in [0, 0.1) is 6.92 Å². The van der Waals surface area contributed by atoms with Crippen molar-refractivity contribution in [1.82, 2.24) is 9.55 Å². The number of carbonyl (C=O) groups excluding carboxylic acids is 2. The highest BCUT2D eigenvalue weighted by atomic mass is 32.1. The van der Waals surface area contributed by atoms with E-state index in [-0.39, 0.29) is 24.1 Å². The molecule has 1 fully saturated rings. The summed E-state index contributed by atoms with van der Waals surface area (Å²) >= 11 is 1.31. The lowest BCUT2D eigenvalue weighted by atomic mass is 9.95. The quantitative estimate of drug-likeness (QED) is 0.582. The van der Waals surface area contributed by atoms with E-state index in [0.29, 0.717) is 27.0 Å². The first-order chi connectivity index (χ1) is 15.0. The average molecular weight is 440 g/mol. The Balaban J connectivity index is 1.64. The van der Waals surface area contributed by atoms with E-state index in [4.69, 9.17) is 4.74 Å². The predicted octanol–water partition coefficient (Wildman–Crippen LogP) is 4.70. The fraction of sp³-hybridized carbons (Fsp3) is 0.391. The van der Waals surface area contributed by atoms with Gasteiger partial charge in [-0.1, -0.05) is 25.3 Å². The van der Waals surface area contributed by atoms with Crippen LogP contribution >= 0.6 is 11.3 Å². The third-order valence-corrected chi connectivity index (χ3v) is 6.71. The molecule has 0 bridgehead atoms. The molecule has 2 aromatic heterocycles. The van der Waals surface area contributed by atoms with Gasteiger partial charge in [0.05, 0.1) is 24.1 Å². The summed E-state index contributed by atoms with van der Waals surface area (Å²) in [6, 6.07) is 6.77. The van der Waals surface area contributed by atoms with Crippen molar-refractivity contribution >= 4 is 39.1 Å². The van der Waals surface area contributed by atoms with Crippen molar-refractivity contribution in [3.8, 4) is 0 Å². The van der Waals surface area contributed by atoms with Gasteiger partial charge in [0.25, 0.3) is 11.5 Å². The summed E-state index contributed by atoms with van der Waals surface area (Å²) in [5.41, 5.74) is 1.59. The molecule has 3 aromatic rings. The molecule has 0 spiro atoms.